The number of para-hydroxylation sites is 2. The number of fused-ring (bicyclic) bond motifs is 1. The van der Waals surface area contributed by atoms with Crippen LogP contribution in [0.1, 0.15) is 11.1 Å². The molecular weight excluding hydrogens is 333 g/mol. The van der Waals surface area contributed by atoms with Crippen LogP contribution in [0.3, 0.4) is 0 Å². The number of nitrogens with zero attached hydrogens (tertiary/aromatic N) is 2. The normalized spacial score (nSPS) is 16.2. The Hall–Kier alpha value is -2.88. The van der Waals surface area contributed by atoms with Gasteiger partial charge in [0.2, 0.25) is 0 Å². The zero-order valence-corrected chi connectivity index (χ0v) is 13.4. The minimum Gasteiger partial charge on any atom is -0.486 e. The fraction of sp³-hybridized carbons (Fsp3) is 0.278. The van der Waals surface area contributed by atoms with Gasteiger partial charge in [0, 0.05) is 12.7 Å². The van der Waals surface area contributed by atoms with Gasteiger partial charge >= 0.3 is 6.18 Å². The lowest BCUT2D eigenvalue weighted by molar-refractivity contribution is -0.137. The number of nitriles is 1. The number of anilines is 1. The van der Waals surface area contributed by atoms with E-state index >= 15 is 0 Å². The highest BCUT2D eigenvalue weighted by molar-refractivity contribution is 5.54. The first-order valence-corrected chi connectivity index (χ1v) is 7.59. The molecule has 1 unspecified atom stereocenters. The van der Waals surface area contributed by atoms with E-state index in [1.54, 1.807) is 30.1 Å². The van der Waals surface area contributed by atoms with Crippen molar-refractivity contribution < 1.29 is 22.6 Å². The van der Waals surface area contributed by atoms with Crippen LogP contribution >= 0.6 is 0 Å². The van der Waals surface area contributed by atoms with Crippen molar-refractivity contribution in [3.63, 3.8) is 0 Å². The molecule has 0 aromatic heterocycles. The quantitative estimate of drug-likeness (QED) is 0.845. The molecule has 0 spiro atoms. The fourth-order valence-corrected chi connectivity index (χ4v) is 2.67. The first-order chi connectivity index (χ1) is 11.9. The highest BCUT2D eigenvalue weighted by Gasteiger charge is 2.34. The molecule has 1 aliphatic heterocycles. The average molecular weight is 348 g/mol. The van der Waals surface area contributed by atoms with Crippen LogP contribution in [-0.4, -0.2) is 26.3 Å². The van der Waals surface area contributed by atoms with Gasteiger partial charge in [-0.2, -0.15) is 18.4 Å². The van der Waals surface area contributed by atoms with Crippen molar-refractivity contribution in [2.75, 3.05) is 25.1 Å². The van der Waals surface area contributed by atoms with Crippen LogP contribution in [0.15, 0.2) is 42.5 Å². The molecule has 0 N–H and O–H groups in total. The van der Waals surface area contributed by atoms with Gasteiger partial charge in [0.05, 0.1) is 23.7 Å². The molecule has 7 heteroatoms. The monoisotopic (exact) mass is 348 g/mol. The molecule has 4 nitrogen and oxygen atoms in total. The second-order valence-corrected chi connectivity index (χ2v) is 5.72. The Morgan fingerprint density at radius 2 is 1.92 bits per heavy atom. The van der Waals surface area contributed by atoms with Crippen molar-refractivity contribution >= 4 is 5.69 Å². The van der Waals surface area contributed by atoms with E-state index in [9.17, 15) is 13.2 Å². The second kappa shape index (κ2) is 6.55. The summed E-state index contributed by atoms with van der Waals surface area (Å²) in [5.41, 5.74) is -0.977. The van der Waals surface area contributed by atoms with Crippen molar-refractivity contribution in [1.29, 1.82) is 5.26 Å². The molecule has 25 heavy (non-hydrogen) atoms. The molecule has 1 heterocycles. The van der Waals surface area contributed by atoms with E-state index < -0.39 is 17.3 Å². The van der Waals surface area contributed by atoms with E-state index in [0.29, 0.717) is 30.3 Å². The summed E-state index contributed by atoms with van der Waals surface area (Å²) in [6, 6.07) is 12.5. The van der Waals surface area contributed by atoms with Crippen molar-refractivity contribution in [3.8, 4) is 17.6 Å². The van der Waals surface area contributed by atoms with Gasteiger partial charge < -0.3 is 14.4 Å². The molecule has 0 bridgehead atoms. The van der Waals surface area contributed by atoms with Crippen LogP contribution in [0.4, 0.5) is 18.9 Å². The van der Waals surface area contributed by atoms with Crippen LogP contribution in [0.25, 0.3) is 0 Å². The van der Waals surface area contributed by atoms with E-state index in [-0.39, 0.29) is 6.10 Å². The molecule has 2 aromatic rings. The predicted octanol–water partition coefficient (Wildman–Crippen LogP) is 3.85. The molecule has 130 valence electrons. The molecule has 3 rings (SSSR count). The first-order valence-electron chi connectivity index (χ1n) is 7.59. The third-order valence-corrected chi connectivity index (χ3v) is 3.91. The van der Waals surface area contributed by atoms with E-state index in [2.05, 4.69) is 0 Å². The Balaban J connectivity index is 1.76. The Morgan fingerprint density at radius 1 is 1.20 bits per heavy atom. The summed E-state index contributed by atoms with van der Waals surface area (Å²) in [7, 11) is 1.67. The van der Waals surface area contributed by atoms with Gasteiger partial charge in [-0.1, -0.05) is 12.1 Å². The minimum absolute atomic E-state index is 0.309. The van der Waals surface area contributed by atoms with Crippen LogP contribution in [0.2, 0.25) is 0 Å². The van der Waals surface area contributed by atoms with Crippen LogP contribution in [0, 0.1) is 11.3 Å². The maximum absolute atomic E-state index is 13.1. The Morgan fingerprint density at radius 3 is 2.60 bits per heavy atom. The summed E-state index contributed by atoms with van der Waals surface area (Å²) in [6.07, 6.45) is -4.89. The Kier molecular flexibility index (Phi) is 4.45. The number of ether oxygens (including phenoxy) is 2. The second-order valence-electron chi connectivity index (χ2n) is 5.72. The van der Waals surface area contributed by atoms with E-state index in [1.807, 2.05) is 12.1 Å². The van der Waals surface area contributed by atoms with Gasteiger partial charge in [-0.3, -0.25) is 0 Å². The standard InChI is InChI=1S/C18H15F3N2O2/c1-23(10-14-11-24-16-4-2-3-5-17(16)25-14)13-7-6-12(9-22)15(8-13)18(19,20)21/h2-8,14H,10-11H2,1H3. The summed E-state index contributed by atoms with van der Waals surface area (Å²) >= 11 is 0. The van der Waals surface area contributed by atoms with E-state index in [4.69, 9.17) is 14.7 Å². The lowest BCUT2D eigenvalue weighted by Gasteiger charge is -2.30. The molecule has 0 fully saturated rings. The van der Waals surface area contributed by atoms with E-state index in [0.717, 1.165) is 6.07 Å². The molecule has 0 amide bonds. The molecule has 0 radical (unpaired) electrons. The smallest absolute Gasteiger partial charge is 0.417 e. The number of hydrogen-bond acceptors (Lipinski definition) is 4. The highest BCUT2D eigenvalue weighted by Crippen LogP contribution is 2.35. The van der Waals surface area contributed by atoms with Gasteiger partial charge in [0.15, 0.2) is 17.6 Å². The zero-order chi connectivity index (χ0) is 18.0. The van der Waals surface area contributed by atoms with Crippen molar-refractivity contribution in [2.24, 2.45) is 0 Å². The third-order valence-electron chi connectivity index (χ3n) is 3.91. The number of benzene rings is 2. The first kappa shape index (κ1) is 17.0. The van der Waals surface area contributed by atoms with Gasteiger partial charge in [-0.25, -0.2) is 0 Å². The van der Waals surface area contributed by atoms with E-state index in [1.165, 1.54) is 12.1 Å². The Bertz CT molecular complexity index is 815. The summed E-state index contributed by atoms with van der Waals surface area (Å²) in [4.78, 5) is 1.65. The maximum Gasteiger partial charge on any atom is 0.417 e. The lowest BCUT2D eigenvalue weighted by Crippen LogP contribution is -2.39. The van der Waals surface area contributed by atoms with Gasteiger partial charge in [0.1, 0.15) is 6.61 Å². The number of halogens is 3. The number of rotatable bonds is 3. The maximum atomic E-state index is 13.1. The largest absolute Gasteiger partial charge is 0.486 e. The SMILES string of the molecule is CN(CC1COc2ccccc2O1)c1ccc(C#N)c(C(F)(F)F)c1. The molecule has 1 atom stereocenters. The number of hydrogen-bond donors (Lipinski definition) is 0. The zero-order valence-electron chi connectivity index (χ0n) is 13.4. The number of likely N-dealkylation sites (N-methyl/N-ethyl adjacent to an activating group) is 1. The molecule has 0 saturated heterocycles. The predicted molar refractivity (Wildman–Crippen MR) is 85.8 cm³/mol. The molecule has 2 aromatic carbocycles. The summed E-state index contributed by atoms with van der Waals surface area (Å²) in [5.74, 6) is 1.27. The van der Waals surface area contributed by atoms with Gasteiger partial charge in [0.25, 0.3) is 0 Å². The molecular formula is C18H15F3N2O2. The summed E-state index contributed by atoms with van der Waals surface area (Å²) in [5, 5.41) is 8.87. The number of alkyl halides is 3. The molecule has 1 aliphatic rings. The summed E-state index contributed by atoms with van der Waals surface area (Å²) < 4.78 is 50.7. The van der Waals surface area contributed by atoms with Crippen molar-refractivity contribution in [1.82, 2.24) is 0 Å². The fourth-order valence-electron chi connectivity index (χ4n) is 2.67. The highest BCUT2D eigenvalue weighted by atomic mass is 19.4. The van der Waals surface area contributed by atoms with Crippen LogP contribution in [0.5, 0.6) is 11.5 Å². The van der Waals surface area contributed by atoms with Crippen LogP contribution in [-0.2, 0) is 6.18 Å². The Labute approximate surface area is 143 Å². The minimum atomic E-state index is -4.58. The van der Waals surface area contributed by atoms with Crippen molar-refractivity contribution in [2.45, 2.75) is 12.3 Å². The van der Waals surface area contributed by atoms with Crippen LogP contribution < -0.4 is 14.4 Å². The lowest BCUT2D eigenvalue weighted by atomic mass is 10.1. The van der Waals surface area contributed by atoms with Crippen molar-refractivity contribution in [3.05, 3.63) is 53.6 Å². The summed E-state index contributed by atoms with van der Waals surface area (Å²) in [6.45, 7) is 0.654. The van der Waals surface area contributed by atoms with Gasteiger partial charge in [-0.05, 0) is 30.3 Å². The average Bonchev–Trinajstić information content (AvgIpc) is 2.60. The topological polar surface area (TPSA) is 45.5 Å². The third kappa shape index (κ3) is 3.63. The van der Waals surface area contributed by atoms with Gasteiger partial charge in [-0.15, -0.1) is 0 Å². The molecule has 0 saturated carbocycles. The molecule has 0 aliphatic carbocycles.